The number of methoxy groups -OCH3 is 2. The molecule has 0 aliphatic rings. The molecule has 0 spiro atoms. The first-order chi connectivity index (χ1) is 9.13. The fourth-order valence-electron chi connectivity index (χ4n) is 2.03. The molecule has 102 valence electrons. The number of rotatable bonds is 5. The van der Waals surface area contributed by atoms with Crippen molar-refractivity contribution in [1.82, 2.24) is 0 Å². The van der Waals surface area contributed by atoms with Crippen LogP contribution < -0.4 is 14.8 Å². The van der Waals surface area contributed by atoms with Gasteiger partial charge < -0.3 is 14.8 Å². The van der Waals surface area contributed by atoms with E-state index in [1.54, 1.807) is 25.6 Å². The van der Waals surface area contributed by atoms with Crippen molar-refractivity contribution >= 4 is 17.0 Å². The lowest BCUT2D eigenvalue weighted by molar-refractivity contribution is 0.394. The van der Waals surface area contributed by atoms with E-state index in [0.29, 0.717) is 0 Å². The van der Waals surface area contributed by atoms with Gasteiger partial charge in [0.1, 0.15) is 11.5 Å². The zero-order valence-electron chi connectivity index (χ0n) is 11.7. The van der Waals surface area contributed by atoms with E-state index in [9.17, 15) is 0 Å². The lowest BCUT2D eigenvalue weighted by atomic mass is 10.2. The number of hydrogen-bond donors (Lipinski definition) is 1. The summed E-state index contributed by atoms with van der Waals surface area (Å²) in [7, 11) is 3.32. The Morgan fingerprint density at radius 1 is 1.11 bits per heavy atom. The quantitative estimate of drug-likeness (QED) is 0.886. The fraction of sp³-hybridized carbons (Fsp3) is 0.333. The van der Waals surface area contributed by atoms with Gasteiger partial charge in [0, 0.05) is 28.8 Å². The summed E-state index contributed by atoms with van der Waals surface area (Å²) in [5, 5.41) is 5.60. The topological polar surface area (TPSA) is 30.5 Å². The van der Waals surface area contributed by atoms with E-state index in [4.69, 9.17) is 9.47 Å². The van der Waals surface area contributed by atoms with Crippen molar-refractivity contribution < 1.29 is 9.47 Å². The maximum absolute atomic E-state index is 5.28. The zero-order valence-corrected chi connectivity index (χ0v) is 12.5. The van der Waals surface area contributed by atoms with Gasteiger partial charge in [-0.25, -0.2) is 0 Å². The van der Waals surface area contributed by atoms with Crippen molar-refractivity contribution in [2.45, 2.75) is 19.9 Å². The van der Waals surface area contributed by atoms with Gasteiger partial charge in [0.2, 0.25) is 0 Å². The Bertz CT molecular complexity index is 529. The largest absolute Gasteiger partial charge is 0.497 e. The van der Waals surface area contributed by atoms with Crippen LogP contribution in [0.4, 0.5) is 5.69 Å². The van der Waals surface area contributed by atoms with Crippen molar-refractivity contribution in [2.75, 3.05) is 19.5 Å². The summed E-state index contributed by atoms with van der Waals surface area (Å²) in [6.07, 6.45) is 0. The van der Waals surface area contributed by atoms with Crippen LogP contribution in [0.15, 0.2) is 29.6 Å². The number of benzene rings is 1. The van der Waals surface area contributed by atoms with Gasteiger partial charge in [-0.2, -0.15) is 0 Å². The molecule has 0 saturated heterocycles. The highest BCUT2D eigenvalue weighted by Crippen LogP contribution is 2.30. The molecule has 1 aromatic carbocycles. The van der Waals surface area contributed by atoms with E-state index in [2.05, 4.69) is 30.6 Å². The molecule has 0 bridgehead atoms. The minimum absolute atomic E-state index is 0.261. The van der Waals surface area contributed by atoms with Gasteiger partial charge in [0.05, 0.1) is 20.3 Å². The maximum Gasteiger partial charge on any atom is 0.124 e. The van der Waals surface area contributed by atoms with Crippen LogP contribution in [0.2, 0.25) is 0 Å². The van der Waals surface area contributed by atoms with E-state index in [1.165, 1.54) is 10.4 Å². The molecule has 0 radical (unpaired) electrons. The summed E-state index contributed by atoms with van der Waals surface area (Å²) in [6, 6.07) is 8.22. The Morgan fingerprint density at radius 2 is 1.74 bits per heavy atom. The van der Waals surface area contributed by atoms with Crippen molar-refractivity contribution in [3.05, 3.63) is 40.1 Å². The minimum Gasteiger partial charge on any atom is -0.497 e. The Labute approximate surface area is 118 Å². The van der Waals surface area contributed by atoms with Crippen LogP contribution in [0.5, 0.6) is 11.5 Å². The smallest absolute Gasteiger partial charge is 0.124 e. The molecule has 3 nitrogen and oxygen atoms in total. The van der Waals surface area contributed by atoms with Crippen molar-refractivity contribution in [2.24, 2.45) is 0 Å². The molecular weight excluding hydrogens is 258 g/mol. The Morgan fingerprint density at radius 3 is 2.21 bits per heavy atom. The average Bonchev–Trinajstić information content (AvgIpc) is 2.84. The second-order valence-corrected chi connectivity index (χ2v) is 5.38. The summed E-state index contributed by atoms with van der Waals surface area (Å²) in [4.78, 5) is 1.35. The van der Waals surface area contributed by atoms with Gasteiger partial charge in [-0.05, 0) is 30.9 Å². The highest BCUT2D eigenvalue weighted by Gasteiger charge is 2.11. The lowest BCUT2D eigenvalue weighted by Crippen LogP contribution is -2.06. The highest BCUT2D eigenvalue weighted by molar-refractivity contribution is 7.10. The molecule has 0 aliphatic carbocycles. The maximum atomic E-state index is 5.28. The molecule has 0 aliphatic heterocycles. The molecular formula is C15H19NO2S. The molecule has 1 atom stereocenters. The SMILES string of the molecule is COc1cc(NC(C)c2sccc2C)cc(OC)c1. The van der Waals surface area contributed by atoms with Crippen LogP contribution in [-0.4, -0.2) is 14.2 Å². The zero-order chi connectivity index (χ0) is 13.8. The second-order valence-electron chi connectivity index (χ2n) is 4.44. The third-order valence-electron chi connectivity index (χ3n) is 3.03. The number of thiophene rings is 1. The van der Waals surface area contributed by atoms with E-state index in [0.717, 1.165) is 17.2 Å². The summed E-state index contributed by atoms with van der Waals surface area (Å²) < 4.78 is 10.6. The van der Waals surface area contributed by atoms with Gasteiger partial charge >= 0.3 is 0 Å². The van der Waals surface area contributed by atoms with Crippen LogP contribution in [0.3, 0.4) is 0 Å². The minimum atomic E-state index is 0.261. The van der Waals surface area contributed by atoms with Crippen molar-refractivity contribution in [1.29, 1.82) is 0 Å². The summed E-state index contributed by atoms with van der Waals surface area (Å²) in [6.45, 7) is 4.29. The van der Waals surface area contributed by atoms with Crippen LogP contribution in [-0.2, 0) is 0 Å². The van der Waals surface area contributed by atoms with Crippen molar-refractivity contribution in [3.8, 4) is 11.5 Å². The molecule has 1 unspecified atom stereocenters. The molecule has 0 saturated carbocycles. The highest BCUT2D eigenvalue weighted by atomic mass is 32.1. The summed E-state index contributed by atoms with van der Waals surface area (Å²) in [5.41, 5.74) is 2.32. The monoisotopic (exact) mass is 277 g/mol. The molecule has 1 N–H and O–H groups in total. The predicted molar refractivity (Wildman–Crippen MR) is 80.6 cm³/mol. The number of ether oxygens (including phenoxy) is 2. The lowest BCUT2D eigenvalue weighted by Gasteiger charge is -2.16. The molecule has 2 rings (SSSR count). The van der Waals surface area contributed by atoms with Gasteiger partial charge in [0.25, 0.3) is 0 Å². The van der Waals surface area contributed by atoms with Gasteiger partial charge in [-0.15, -0.1) is 11.3 Å². The van der Waals surface area contributed by atoms with Gasteiger partial charge in [-0.1, -0.05) is 0 Å². The molecule has 2 aromatic rings. The molecule has 19 heavy (non-hydrogen) atoms. The van der Waals surface area contributed by atoms with E-state index in [1.807, 2.05) is 18.2 Å². The first-order valence-corrected chi connectivity index (χ1v) is 7.05. The number of aryl methyl sites for hydroxylation is 1. The van der Waals surface area contributed by atoms with E-state index >= 15 is 0 Å². The van der Waals surface area contributed by atoms with Crippen LogP contribution in [0.1, 0.15) is 23.4 Å². The Hall–Kier alpha value is -1.68. The summed E-state index contributed by atoms with van der Waals surface area (Å²) >= 11 is 1.77. The second kappa shape index (κ2) is 5.97. The Balaban J connectivity index is 2.21. The Kier molecular flexibility index (Phi) is 4.32. The molecule has 0 fully saturated rings. The predicted octanol–water partition coefficient (Wildman–Crippen LogP) is 4.25. The van der Waals surface area contributed by atoms with Crippen LogP contribution in [0.25, 0.3) is 0 Å². The standard InChI is InChI=1S/C15H19NO2S/c1-10-5-6-19-15(10)11(2)16-12-7-13(17-3)9-14(8-12)18-4/h5-9,11,16H,1-4H3. The molecule has 1 heterocycles. The number of anilines is 1. The van der Waals surface area contributed by atoms with E-state index in [-0.39, 0.29) is 6.04 Å². The average molecular weight is 277 g/mol. The summed E-state index contributed by atoms with van der Waals surface area (Å²) in [5.74, 6) is 1.58. The molecule has 4 heteroatoms. The van der Waals surface area contributed by atoms with E-state index < -0.39 is 0 Å². The number of hydrogen-bond acceptors (Lipinski definition) is 4. The number of nitrogens with one attached hydrogen (secondary N) is 1. The third kappa shape index (κ3) is 3.20. The van der Waals surface area contributed by atoms with Gasteiger partial charge in [-0.3, -0.25) is 0 Å². The molecule has 1 aromatic heterocycles. The third-order valence-corrected chi connectivity index (χ3v) is 4.23. The first kappa shape index (κ1) is 13.7. The molecule has 0 amide bonds. The normalized spacial score (nSPS) is 12.0. The first-order valence-electron chi connectivity index (χ1n) is 6.17. The van der Waals surface area contributed by atoms with Crippen molar-refractivity contribution in [3.63, 3.8) is 0 Å². The van der Waals surface area contributed by atoms with Crippen LogP contribution in [0, 0.1) is 6.92 Å². The fourth-order valence-corrected chi connectivity index (χ4v) is 2.97. The van der Waals surface area contributed by atoms with Gasteiger partial charge in [0.15, 0.2) is 0 Å². The van der Waals surface area contributed by atoms with Crippen LogP contribution >= 0.6 is 11.3 Å².